The van der Waals surface area contributed by atoms with E-state index < -0.39 is 0 Å². The number of amides is 2. The predicted octanol–water partition coefficient (Wildman–Crippen LogP) is 4.37. The van der Waals surface area contributed by atoms with Gasteiger partial charge in [-0.05, 0) is 47.5 Å². The van der Waals surface area contributed by atoms with Gasteiger partial charge in [-0.2, -0.15) is 0 Å². The Bertz CT molecular complexity index is 849. The number of halogens is 1. The Morgan fingerprint density at radius 2 is 1.85 bits per heavy atom. The molecule has 0 unspecified atom stereocenters. The molecule has 27 heavy (non-hydrogen) atoms. The Morgan fingerprint density at radius 3 is 2.52 bits per heavy atom. The zero-order valence-electron chi connectivity index (χ0n) is 14.8. The molecule has 138 valence electrons. The van der Waals surface area contributed by atoms with Crippen LogP contribution in [0.5, 0.6) is 5.75 Å². The summed E-state index contributed by atoms with van der Waals surface area (Å²) in [5.74, 6) is 0.554. The van der Waals surface area contributed by atoms with Crippen molar-refractivity contribution in [2.24, 2.45) is 0 Å². The molecular formula is C20H19ClN4O2. The topological polar surface area (TPSA) is 67.3 Å². The molecule has 3 rings (SSSR count). The third-order valence-electron chi connectivity index (χ3n) is 3.91. The van der Waals surface area contributed by atoms with Gasteiger partial charge in [0.15, 0.2) is 0 Å². The number of rotatable bonds is 6. The molecule has 0 aliphatic rings. The van der Waals surface area contributed by atoms with E-state index in [1.807, 2.05) is 24.3 Å². The molecule has 0 fully saturated rings. The summed E-state index contributed by atoms with van der Waals surface area (Å²) in [6.07, 6.45) is 6.87. The standard InChI is InChI=1S/C20H19ClN4O2/c1-27-19-5-4-17(11-18(19)21)24-20(26)25(13-15-6-9-22-10-7-15)14-16-3-2-8-23-12-16/h2-12H,13-14H2,1H3,(H,24,26). The normalized spacial score (nSPS) is 10.3. The second-order valence-corrected chi connectivity index (χ2v) is 6.26. The summed E-state index contributed by atoms with van der Waals surface area (Å²) in [6, 6.07) is 12.4. The lowest BCUT2D eigenvalue weighted by Gasteiger charge is -2.23. The van der Waals surface area contributed by atoms with Crippen molar-refractivity contribution in [3.05, 3.63) is 83.4 Å². The van der Waals surface area contributed by atoms with Crippen molar-refractivity contribution in [1.82, 2.24) is 14.9 Å². The van der Waals surface area contributed by atoms with Crippen LogP contribution in [-0.4, -0.2) is 28.0 Å². The summed E-state index contributed by atoms with van der Waals surface area (Å²) in [7, 11) is 1.55. The van der Waals surface area contributed by atoms with Crippen LogP contribution in [0.15, 0.2) is 67.3 Å². The summed E-state index contributed by atoms with van der Waals surface area (Å²) in [6.45, 7) is 0.860. The average Bonchev–Trinajstić information content (AvgIpc) is 2.69. The van der Waals surface area contributed by atoms with E-state index >= 15 is 0 Å². The number of anilines is 1. The van der Waals surface area contributed by atoms with Gasteiger partial charge in [-0.1, -0.05) is 17.7 Å². The van der Waals surface area contributed by atoms with Gasteiger partial charge in [-0.15, -0.1) is 0 Å². The van der Waals surface area contributed by atoms with Gasteiger partial charge in [-0.3, -0.25) is 9.97 Å². The fraction of sp³-hybridized carbons (Fsp3) is 0.150. The third kappa shape index (κ3) is 5.18. The first-order chi connectivity index (χ1) is 13.2. The molecule has 6 nitrogen and oxygen atoms in total. The Balaban J connectivity index is 1.78. The van der Waals surface area contributed by atoms with Crippen molar-refractivity contribution in [3.8, 4) is 5.75 Å². The molecule has 2 aromatic heterocycles. The van der Waals surface area contributed by atoms with Crippen LogP contribution in [0.4, 0.5) is 10.5 Å². The lowest BCUT2D eigenvalue weighted by molar-refractivity contribution is 0.206. The SMILES string of the molecule is COc1ccc(NC(=O)N(Cc2ccncc2)Cc2cccnc2)cc1Cl. The Hall–Kier alpha value is -3.12. The molecule has 0 bridgehead atoms. The van der Waals surface area contributed by atoms with Crippen molar-refractivity contribution < 1.29 is 9.53 Å². The maximum Gasteiger partial charge on any atom is 0.322 e. The molecule has 0 saturated heterocycles. The van der Waals surface area contributed by atoms with Crippen LogP contribution >= 0.6 is 11.6 Å². The van der Waals surface area contributed by atoms with Crippen LogP contribution in [0.3, 0.4) is 0 Å². The number of nitrogens with zero attached hydrogens (tertiary/aromatic N) is 3. The molecule has 0 saturated carbocycles. The van der Waals surface area contributed by atoms with Gasteiger partial charge in [0, 0.05) is 43.6 Å². The second kappa shape index (κ2) is 9.00. The van der Waals surface area contributed by atoms with E-state index in [-0.39, 0.29) is 6.03 Å². The highest BCUT2D eigenvalue weighted by molar-refractivity contribution is 6.32. The lowest BCUT2D eigenvalue weighted by Crippen LogP contribution is -2.34. The number of hydrogen-bond donors (Lipinski definition) is 1. The molecule has 2 amide bonds. The fourth-order valence-electron chi connectivity index (χ4n) is 2.57. The number of carbonyl (C=O) groups excluding carboxylic acids is 1. The van der Waals surface area contributed by atoms with Gasteiger partial charge in [0.25, 0.3) is 0 Å². The first-order valence-electron chi connectivity index (χ1n) is 8.33. The summed E-state index contributed by atoms with van der Waals surface area (Å²) in [4.78, 5) is 22.7. The molecule has 0 radical (unpaired) electrons. The molecule has 1 aromatic carbocycles. The van der Waals surface area contributed by atoms with Crippen LogP contribution in [0.2, 0.25) is 5.02 Å². The average molecular weight is 383 g/mol. The zero-order chi connectivity index (χ0) is 19.1. The maximum atomic E-state index is 12.9. The van der Waals surface area contributed by atoms with Crippen molar-refractivity contribution in [2.75, 3.05) is 12.4 Å². The van der Waals surface area contributed by atoms with E-state index in [4.69, 9.17) is 16.3 Å². The fourth-order valence-corrected chi connectivity index (χ4v) is 2.82. The first kappa shape index (κ1) is 18.7. The van der Waals surface area contributed by atoms with E-state index in [2.05, 4.69) is 15.3 Å². The van der Waals surface area contributed by atoms with Crippen molar-refractivity contribution in [1.29, 1.82) is 0 Å². The lowest BCUT2D eigenvalue weighted by atomic mass is 10.2. The van der Waals surface area contributed by atoms with E-state index in [9.17, 15) is 4.79 Å². The number of benzene rings is 1. The highest BCUT2D eigenvalue weighted by Crippen LogP contribution is 2.27. The number of urea groups is 1. The smallest absolute Gasteiger partial charge is 0.322 e. The summed E-state index contributed by atoms with van der Waals surface area (Å²) >= 11 is 6.15. The molecule has 0 aliphatic carbocycles. The van der Waals surface area contributed by atoms with Crippen LogP contribution in [0, 0.1) is 0 Å². The first-order valence-corrected chi connectivity index (χ1v) is 8.71. The van der Waals surface area contributed by atoms with E-state index in [1.165, 1.54) is 0 Å². The van der Waals surface area contributed by atoms with Gasteiger partial charge in [0.1, 0.15) is 5.75 Å². The van der Waals surface area contributed by atoms with Crippen molar-refractivity contribution >= 4 is 23.3 Å². The quantitative estimate of drug-likeness (QED) is 0.687. The predicted molar refractivity (Wildman–Crippen MR) is 105 cm³/mol. The highest BCUT2D eigenvalue weighted by Gasteiger charge is 2.16. The van der Waals surface area contributed by atoms with E-state index in [0.717, 1.165) is 11.1 Å². The number of aromatic nitrogens is 2. The van der Waals surface area contributed by atoms with E-state index in [0.29, 0.717) is 29.5 Å². The Morgan fingerprint density at radius 1 is 1.07 bits per heavy atom. The number of ether oxygens (including phenoxy) is 1. The van der Waals surface area contributed by atoms with Crippen molar-refractivity contribution in [2.45, 2.75) is 13.1 Å². The molecule has 7 heteroatoms. The molecular weight excluding hydrogens is 364 g/mol. The van der Waals surface area contributed by atoms with Gasteiger partial charge in [0.2, 0.25) is 0 Å². The molecule has 0 atom stereocenters. The van der Waals surface area contributed by atoms with E-state index in [1.54, 1.807) is 55.0 Å². The highest BCUT2D eigenvalue weighted by atomic mass is 35.5. The maximum absolute atomic E-state index is 12.9. The molecule has 1 N–H and O–H groups in total. The van der Waals surface area contributed by atoms with Crippen LogP contribution < -0.4 is 10.1 Å². The van der Waals surface area contributed by atoms with Gasteiger partial charge in [-0.25, -0.2) is 4.79 Å². The Kier molecular flexibility index (Phi) is 6.22. The van der Waals surface area contributed by atoms with Gasteiger partial charge < -0.3 is 15.0 Å². The number of pyridine rings is 2. The molecule has 0 aliphatic heterocycles. The molecule has 2 heterocycles. The van der Waals surface area contributed by atoms with Crippen LogP contribution in [-0.2, 0) is 13.1 Å². The number of carbonyl (C=O) groups is 1. The van der Waals surface area contributed by atoms with Crippen molar-refractivity contribution in [3.63, 3.8) is 0 Å². The summed E-state index contributed by atoms with van der Waals surface area (Å²) < 4.78 is 5.14. The zero-order valence-corrected chi connectivity index (χ0v) is 15.6. The Labute approximate surface area is 162 Å². The van der Waals surface area contributed by atoms with Gasteiger partial charge in [0.05, 0.1) is 12.1 Å². The van der Waals surface area contributed by atoms with Crippen LogP contribution in [0.1, 0.15) is 11.1 Å². The second-order valence-electron chi connectivity index (χ2n) is 5.85. The van der Waals surface area contributed by atoms with Crippen LogP contribution in [0.25, 0.3) is 0 Å². The third-order valence-corrected chi connectivity index (χ3v) is 4.20. The summed E-state index contributed by atoms with van der Waals surface area (Å²) in [5.41, 5.74) is 2.52. The van der Waals surface area contributed by atoms with Gasteiger partial charge >= 0.3 is 6.03 Å². The minimum atomic E-state index is -0.239. The number of methoxy groups -OCH3 is 1. The molecule has 0 spiro atoms. The largest absolute Gasteiger partial charge is 0.495 e. The minimum Gasteiger partial charge on any atom is -0.495 e. The number of hydrogen-bond acceptors (Lipinski definition) is 4. The minimum absolute atomic E-state index is 0.239. The number of nitrogens with one attached hydrogen (secondary N) is 1. The summed E-state index contributed by atoms with van der Waals surface area (Å²) in [5, 5.41) is 3.32. The monoisotopic (exact) mass is 382 g/mol. The molecule has 3 aromatic rings.